The van der Waals surface area contributed by atoms with Crippen molar-refractivity contribution in [1.82, 2.24) is 0 Å². The summed E-state index contributed by atoms with van der Waals surface area (Å²) in [6.07, 6.45) is 0. The van der Waals surface area contributed by atoms with E-state index in [0.717, 1.165) is 0 Å². The molecular weight excluding hydrogens is 256 g/mol. The molecule has 0 atom stereocenters. The van der Waals surface area contributed by atoms with Crippen molar-refractivity contribution in [2.24, 2.45) is 5.16 Å². The lowest BCUT2D eigenvalue weighted by Gasteiger charge is -2.28. The zero-order valence-electron chi connectivity index (χ0n) is 10.4. The molecule has 1 aliphatic rings. The second kappa shape index (κ2) is 4.62. The fourth-order valence-electron chi connectivity index (χ4n) is 2.22. The number of oxime groups is 1. The summed E-state index contributed by atoms with van der Waals surface area (Å²) in [7, 11) is 0. The minimum atomic E-state index is -0.637. The quantitative estimate of drug-likeness (QED) is 0.636. The number of fused-ring (bicyclic) bond motifs is 1. The first kappa shape index (κ1) is 12.1. The van der Waals surface area contributed by atoms with Gasteiger partial charge in [0.1, 0.15) is 0 Å². The van der Waals surface area contributed by atoms with Gasteiger partial charge in [-0.15, -0.1) is 0 Å². The number of hydrogen-bond acceptors (Lipinski definition) is 4. The largest absolute Gasteiger partial charge is 0.410 e. The zero-order chi connectivity index (χ0) is 14.1. The van der Waals surface area contributed by atoms with Gasteiger partial charge in [0.25, 0.3) is 5.91 Å². The third kappa shape index (κ3) is 1.68. The first-order valence-electron chi connectivity index (χ1n) is 5.99. The fraction of sp³-hybridized carbons (Fsp3) is 0. The summed E-state index contributed by atoms with van der Waals surface area (Å²) < 4.78 is 0. The van der Waals surface area contributed by atoms with E-state index in [2.05, 4.69) is 5.16 Å². The Balaban J connectivity index is 2.26. The highest BCUT2D eigenvalue weighted by Crippen LogP contribution is 2.32. The molecule has 1 N–H and O–H groups in total. The Morgan fingerprint density at radius 3 is 2.25 bits per heavy atom. The van der Waals surface area contributed by atoms with Crippen LogP contribution in [0.5, 0.6) is 0 Å². The van der Waals surface area contributed by atoms with Crippen molar-refractivity contribution in [1.29, 1.82) is 0 Å². The molecule has 1 heterocycles. The number of hydrogen-bond donors (Lipinski definition) is 1. The summed E-state index contributed by atoms with van der Waals surface area (Å²) in [5, 5.41) is 11.8. The van der Waals surface area contributed by atoms with Crippen LogP contribution in [0.25, 0.3) is 0 Å². The van der Waals surface area contributed by atoms with Gasteiger partial charge in [-0.2, -0.15) is 0 Å². The topological polar surface area (TPSA) is 70.0 Å². The summed E-state index contributed by atoms with van der Waals surface area (Å²) in [4.78, 5) is 25.8. The van der Waals surface area contributed by atoms with Gasteiger partial charge in [0.05, 0.1) is 5.69 Å². The minimum absolute atomic E-state index is 0.337. The number of anilines is 2. The standard InChI is InChI=1S/C15H10N2O3/c18-14-11-8-4-5-9-12(11)17(15(19)13(14)16-20)10-6-2-1-3-7-10/h1-9,20H/b16-13+. The molecule has 0 saturated carbocycles. The molecule has 0 saturated heterocycles. The number of Topliss-reactive ketones (excluding diaryl/α,β-unsaturated/α-hetero) is 1. The van der Waals surface area contributed by atoms with Crippen molar-refractivity contribution in [3.8, 4) is 0 Å². The van der Waals surface area contributed by atoms with Gasteiger partial charge < -0.3 is 5.21 Å². The van der Waals surface area contributed by atoms with E-state index < -0.39 is 17.4 Å². The minimum Gasteiger partial charge on any atom is -0.410 e. The summed E-state index contributed by atoms with van der Waals surface area (Å²) in [6, 6.07) is 15.6. The SMILES string of the molecule is O=C1/C(=N\O)C(=O)N(c2ccccc2)c2ccccc21. The Labute approximate surface area is 114 Å². The molecule has 5 nitrogen and oxygen atoms in total. The maximum atomic E-state index is 12.3. The molecule has 0 unspecified atom stereocenters. The number of nitrogens with zero attached hydrogens (tertiary/aromatic N) is 2. The lowest BCUT2D eigenvalue weighted by Crippen LogP contribution is -2.42. The molecular formula is C15H10N2O3. The normalized spacial score (nSPS) is 16.4. The predicted molar refractivity (Wildman–Crippen MR) is 73.6 cm³/mol. The van der Waals surface area contributed by atoms with Gasteiger partial charge in [-0.1, -0.05) is 35.5 Å². The number of amides is 1. The first-order valence-corrected chi connectivity index (χ1v) is 5.99. The number of carbonyl (C=O) groups excluding carboxylic acids is 2. The van der Waals surface area contributed by atoms with Gasteiger partial charge in [0.15, 0.2) is 0 Å². The third-order valence-corrected chi connectivity index (χ3v) is 3.12. The monoisotopic (exact) mass is 266 g/mol. The van der Waals surface area contributed by atoms with Gasteiger partial charge in [-0.05, 0) is 24.3 Å². The van der Waals surface area contributed by atoms with Crippen molar-refractivity contribution >= 4 is 28.8 Å². The van der Waals surface area contributed by atoms with E-state index in [1.807, 2.05) is 6.07 Å². The van der Waals surface area contributed by atoms with Crippen LogP contribution in [0, 0.1) is 0 Å². The van der Waals surface area contributed by atoms with E-state index in [9.17, 15) is 9.59 Å². The maximum absolute atomic E-state index is 12.3. The maximum Gasteiger partial charge on any atom is 0.289 e. The molecule has 2 aromatic rings. The van der Waals surface area contributed by atoms with E-state index in [4.69, 9.17) is 5.21 Å². The number of para-hydroxylation sites is 2. The van der Waals surface area contributed by atoms with Crippen LogP contribution >= 0.6 is 0 Å². The number of rotatable bonds is 1. The molecule has 0 radical (unpaired) electrons. The van der Waals surface area contributed by atoms with E-state index >= 15 is 0 Å². The van der Waals surface area contributed by atoms with Crippen molar-refractivity contribution in [3.05, 3.63) is 60.2 Å². The van der Waals surface area contributed by atoms with Crippen LogP contribution in [0.4, 0.5) is 11.4 Å². The van der Waals surface area contributed by atoms with Gasteiger partial charge in [0.2, 0.25) is 11.5 Å². The molecule has 1 aliphatic heterocycles. The molecule has 0 aliphatic carbocycles. The third-order valence-electron chi connectivity index (χ3n) is 3.12. The zero-order valence-corrected chi connectivity index (χ0v) is 10.4. The fourth-order valence-corrected chi connectivity index (χ4v) is 2.22. The van der Waals surface area contributed by atoms with Gasteiger partial charge in [-0.3, -0.25) is 14.5 Å². The van der Waals surface area contributed by atoms with E-state index in [1.165, 1.54) is 4.90 Å². The first-order chi connectivity index (χ1) is 9.74. The second-order valence-electron chi connectivity index (χ2n) is 4.27. The predicted octanol–water partition coefficient (Wildman–Crippen LogP) is 2.38. The summed E-state index contributed by atoms with van der Waals surface area (Å²) in [5.41, 5.74) is 0.955. The Bertz CT molecular complexity index is 723. The van der Waals surface area contributed by atoms with Gasteiger partial charge >= 0.3 is 0 Å². The Morgan fingerprint density at radius 1 is 0.900 bits per heavy atom. The molecule has 0 spiro atoms. The van der Waals surface area contributed by atoms with Crippen molar-refractivity contribution in [2.45, 2.75) is 0 Å². The number of carbonyl (C=O) groups is 2. The second-order valence-corrected chi connectivity index (χ2v) is 4.27. The average Bonchev–Trinajstić information content (AvgIpc) is 2.49. The van der Waals surface area contributed by atoms with Crippen molar-refractivity contribution in [3.63, 3.8) is 0 Å². The highest BCUT2D eigenvalue weighted by atomic mass is 16.4. The summed E-state index contributed by atoms with van der Waals surface area (Å²) in [5.74, 6) is -1.21. The molecule has 2 aromatic carbocycles. The molecule has 3 rings (SSSR count). The molecule has 0 fully saturated rings. The van der Waals surface area contributed by atoms with Gasteiger partial charge in [0, 0.05) is 11.3 Å². The van der Waals surface area contributed by atoms with Crippen LogP contribution in [-0.4, -0.2) is 22.6 Å². The Kier molecular flexibility index (Phi) is 2.80. The molecule has 1 amide bonds. The summed E-state index contributed by atoms with van der Waals surface area (Å²) >= 11 is 0. The van der Waals surface area contributed by atoms with Crippen LogP contribution in [0.2, 0.25) is 0 Å². The van der Waals surface area contributed by atoms with Crippen LogP contribution < -0.4 is 4.90 Å². The Hall–Kier alpha value is -2.95. The van der Waals surface area contributed by atoms with E-state index in [1.54, 1.807) is 48.5 Å². The molecule has 0 bridgehead atoms. The van der Waals surface area contributed by atoms with Crippen LogP contribution in [-0.2, 0) is 4.79 Å². The van der Waals surface area contributed by atoms with E-state index in [-0.39, 0.29) is 0 Å². The molecule has 20 heavy (non-hydrogen) atoms. The molecule has 98 valence electrons. The number of ketones is 1. The van der Waals surface area contributed by atoms with Crippen LogP contribution in [0.1, 0.15) is 10.4 Å². The lowest BCUT2D eigenvalue weighted by atomic mass is 9.97. The van der Waals surface area contributed by atoms with Crippen LogP contribution in [0.15, 0.2) is 59.8 Å². The van der Waals surface area contributed by atoms with E-state index in [0.29, 0.717) is 16.9 Å². The van der Waals surface area contributed by atoms with Crippen LogP contribution in [0.3, 0.4) is 0 Å². The van der Waals surface area contributed by atoms with Gasteiger partial charge in [-0.25, -0.2) is 0 Å². The molecule has 5 heteroatoms. The van der Waals surface area contributed by atoms with Crippen molar-refractivity contribution < 1.29 is 14.8 Å². The highest BCUT2D eigenvalue weighted by molar-refractivity contribution is 6.73. The Morgan fingerprint density at radius 2 is 1.55 bits per heavy atom. The highest BCUT2D eigenvalue weighted by Gasteiger charge is 2.37. The lowest BCUT2D eigenvalue weighted by molar-refractivity contribution is -0.112. The smallest absolute Gasteiger partial charge is 0.289 e. The number of benzene rings is 2. The molecule has 0 aromatic heterocycles. The summed E-state index contributed by atoms with van der Waals surface area (Å²) in [6.45, 7) is 0. The van der Waals surface area contributed by atoms with Crippen molar-refractivity contribution in [2.75, 3.05) is 4.90 Å². The average molecular weight is 266 g/mol.